The summed E-state index contributed by atoms with van der Waals surface area (Å²) < 4.78 is 44.5. The Bertz CT molecular complexity index is 990. The van der Waals surface area contributed by atoms with Crippen LogP contribution in [0.2, 0.25) is 5.02 Å². The van der Waals surface area contributed by atoms with Crippen molar-refractivity contribution in [3.8, 4) is 11.4 Å². The first-order valence-corrected chi connectivity index (χ1v) is 9.43. The number of nitrogens with zero attached hydrogens (tertiary/aromatic N) is 2. The first-order valence-electron chi connectivity index (χ1n) is 7.97. The topological polar surface area (TPSA) is 68.0 Å². The molecule has 1 amide bonds. The van der Waals surface area contributed by atoms with Gasteiger partial charge in [-0.2, -0.15) is 18.2 Å². The molecule has 0 bridgehead atoms. The summed E-state index contributed by atoms with van der Waals surface area (Å²) in [6.45, 7) is 0. The number of anilines is 1. The van der Waals surface area contributed by atoms with Crippen LogP contribution >= 0.6 is 34.2 Å². The van der Waals surface area contributed by atoms with E-state index in [1.807, 2.05) is 24.3 Å². The summed E-state index contributed by atoms with van der Waals surface area (Å²) in [5, 5.41) is 6.25. The summed E-state index contributed by atoms with van der Waals surface area (Å²) in [6.07, 6.45) is -4.44. The van der Waals surface area contributed by atoms with Crippen molar-refractivity contribution in [3.63, 3.8) is 0 Å². The lowest BCUT2D eigenvalue weighted by atomic mass is 10.2. The molecule has 0 aliphatic carbocycles. The van der Waals surface area contributed by atoms with Gasteiger partial charge in [-0.15, -0.1) is 0 Å². The molecule has 0 radical (unpaired) electrons. The van der Waals surface area contributed by atoms with Crippen LogP contribution in [0.1, 0.15) is 17.9 Å². The van der Waals surface area contributed by atoms with E-state index in [0.29, 0.717) is 5.82 Å². The Balaban J connectivity index is 1.61. The van der Waals surface area contributed by atoms with Crippen LogP contribution in [-0.4, -0.2) is 16.0 Å². The highest BCUT2D eigenvalue weighted by molar-refractivity contribution is 14.1. The molecular weight excluding hydrogens is 510 g/mol. The average Bonchev–Trinajstić information content (AvgIpc) is 3.10. The van der Waals surface area contributed by atoms with Crippen LogP contribution in [0, 0.1) is 3.57 Å². The number of aryl methyl sites for hydroxylation is 1. The molecule has 3 rings (SSSR count). The van der Waals surface area contributed by atoms with Crippen LogP contribution in [0.15, 0.2) is 47.0 Å². The van der Waals surface area contributed by atoms with E-state index < -0.39 is 17.6 Å². The highest BCUT2D eigenvalue weighted by atomic mass is 127. The first-order chi connectivity index (χ1) is 13.2. The smallest absolute Gasteiger partial charge is 0.339 e. The predicted molar refractivity (Wildman–Crippen MR) is 106 cm³/mol. The molecule has 0 fully saturated rings. The van der Waals surface area contributed by atoms with Crippen LogP contribution in [0.25, 0.3) is 11.4 Å². The van der Waals surface area contributed by atoms with Gasteiger partial charge >= 0.3 is 6.18 Å². The van der Waals surface area contributed by atoms with Gasteiger partial charge in [0, 0.05) is 22.0 Å². The number of halogens is 5. The Morgan fingerprint density at radius 1 is 1.18 bits per heavy atom. The molecule has 0 saturated heterocycles. The number of benzene rings is 2. The van der Waals surface area contributed by atoms with E-state index in [-0.39, 0.29) is 29.4 Å². The molecule has 1 heterocycles. The molecule has 1 aromatic heterocycles. The number of hydrogen-bond acceptors (Lipinski definition) is 4. The molecule has 1 N–H and O–H groups in total. The van der Waals surface area contributed by atoms with Crippen LogP contribution in [0.4, 0.5) is 18.9 Å². The highest BCUT2D eigenvalue weighted by Gasteiger charge is 2.31. The largest absolute Gasteiger partial charge is 0.416 e. The number of amides is 1. The Morgan fingerprint density at radius 3 is 2.57 bits per heavy atom. The van der Waals surface area contributed by atoms with Crippen LogP contribution in [0.5, 0.6) is 0 Å². The first kappa shape index (κ1) is 20.6. The maximum atomic E-state index is 12.8. The summed E-state index contributed by atoms with van der Waals surface area (Å²) in [5.41, 5.74) is -0.228. The van der Waals surface area contributed by atoms with E-state index in [4.69, 9.17) is 16.1 Å². The Morgan fingerprint density at radius 2 is 1.89 bits per heavy atom. The fourth-order valence-corrected chi connectivity index (χ4v) is 2.83. The SMILES string of the molecule is O=C(CCc1nc(-c2ccc(I)cc2)no1)Nc1cc(C(F)(F)F)ccc1Cl. The van der Waals surface area contributed by atoms with Gasteiger partial charge in [-0.1, -0.05) is 28.9 Å². The summed E-state index contributed by atoms with van der Waals surface area (Å²) >= 11 is 8.04. The second kappa shape index (κ2) is 8.48. The number of nitrogens with one attached hydrogen (secondary N) is 1. The molecule has 0 unspecified atom stereocenters. The van der Waals surface area contributed by atoms with Gasteiger partial charge in [-0.25, -0.2) is 0 Å². The van der Waals surface area contributed by atoms with Gasteiger partial charge in [0.2, 0.25) is 17.6 Å². The van der Waals surface area contributed by atoms with Gasteiger partial charge in [0.25, 0.3) is 0 Å². The second-order valence-electron chi connectivity index (χ2n) is 5.76. The van der Waals surface area contributed by atoms with E-state index >= 15 is 0 Å². The third kappa shape index (κ3) is 5.22. The quantitative estimate of drug-likeness (QED) is 0.445. The number of alkyl halides is 3. The number of hydrogen-bond donors (Lipinski definition) is 1. The minimum atomic E-state index is -4.53. The van der Waals surface area contributed by atoms with E-state index in [1.165, 1.54) is 0 Å². The van der Waals surface area contributed by atoms with E-state index in [1.54, 1.807) is 0 Å². The standard InChI is InChI=1S/C18H12ClF3IN3O2/c19-13-6-3-11(18(20,21)22)9-14(13)24-15(27)7-8-16-25-17(26-28-16)10-1-4-12(23)5-2-10/h1-6,9H,7-8H2,(H,24,27). The van der Waals surface area contributed by atoms with Gasteiger partial charge in [0.1, 0.15) is 0 Å². The predicted octanol–water partition coefficient (Wildman–Crippen LogP) is 5.58. The number of aromatic nitrogens is 2. The zero-order chi connectivity index (χ0) is 20.3. The van der Waals surface area contributed by atoms with Crippen LogP contribution < -0.4 is 5.32 Å². The van der Waals surface area contributed by atoms with Crippen LogP contribution in [0.3, 0.4) is 0 Å². The molecule has 0 spiro atoms. The molecule has 3 aromatic rings. The third-order valence-electron chi connectivity index (χ3n) is 3.70. The fourth-order valence-electron chi connectivity index (χ4n) is 2.30. The van der Waals surface area contributed by atoms with Gasteiger partial charge in [0.15, 0.2) is 0 Å². The zero-order valence-corrected chi connectivity index (χ0v) is 17.0. The van der Waals surface area contributed by atoms with Gasteiger partial charge in [-0.05, 0) is 52.9 Å². The molecule has 0 atom stereocenters. The normalized spacial score (nSPS) is 11.5. The van der Waals surface area contributed by atoms with Gasteiger partial charge in [-0.3, -0.25) is 4.79 Å². The molecule has 146 valence electrons. The van der Waals surface area contributed by atoms with Crippen molar-refractivity contribution in [3.05, 3.63) is 62.5 Å². The fraction of sp³-hybridized carbons (Fsp3) is 0.167. The van der Waals surface area contributed by atoms with Gasteiger partial charge in [0.05, 0.1) is 16.3 Å². The summed E-state index contributed by atoms with van der Waals surface area (Å²) in [5.74, 6) is 0.127. The molecule has 28 heavy (non-hydrogen) atoms. The minimum Gasteiger partial charge on any atom is -0.339 e. The molecule has 0 aliphatic rings. The van der Waals surface area contributed by atoms with Gasteiger partial charge < -0.3 is 9.84 Å². The highest BCUT2D eigenvalue weighted by Crippen LogP contribution is 2.33. The van der Waals surface area contributed by atoms with E-state index in [0.717, 1.165) is 27.3 Å². The third-order valence-corrected chi connectivity index (χ3v) is 4.75. The maximum absolute atomic E-state index is 12.8. The van der Waals surface area contributed by atoms with E-state index in [9.17, 15) is 18.0 Å². The van der Waals surface area contributed by atoms with Crippen molar-refractivity contribution < 1.29 is 22.5 Å². The van der Waals surface area contributed by atoms with Crippen molar-refractivity contribution in [1.29, 1.82) is 0 Å². The van der Waals surface area contributed by atoms with Crippen molar-refractivity contribution in [1.82, 2.24) is 10.1 Å². The lowest BCUT2D eigenvalue weighted by Crippen LogP contribution is -2.14. The Labute approximate surface area is 176 Å². The maximum Gasteiger partial charge on any atom is 0.416 e. The summed E-state index contributed by atoms with van der Waals surface area (Å²) in [6, 6.07) is 10.2. The second-order valence-corrected chi connectivity index (χ2v) is 7.41. The van der Waals surface area contributed by atoms with Crippen molar-refractivity contribution in [2.75, 3.05) is 5.32 Å². The Hall–Kier alpha value is -2.14. The molecule has 2 aromatic carbocycles. The number of carbonyl (C=O) groups excluding carboxylic acids is 1. The molecule has 0 aliphatic heterocycles. The molecular formula is C18H12ClF3IN3O2. The average molecular weight is 522 g/mol. The molecule has 10 heteroatoms. The Kier molecular flexibility index (Phi) is 6.23. The molecule has 5 nitrogen and oxygen atoms in total. The lowest BCUT2D eigenvalue weighted by molar-refractivity contribution is -0.137. The minimum absolute atomic E-state index is 0.0140. The number of carbonyl (C=O) groups is 1. The van der Waals surface area contributed by atoms with Crippen LogP contribution in [-0.2, 0) is 17.4 Å². The van der Waals surface area contributed by atoms with Crippen molar-refractivity contribution in [2.24, 2.45) is 0 Å². The van der Waals surface area contributed by atoms with Crippen molar-refractivity contribution >= 4 is 45.8 Å². The zero-order valence-electron chi connectivity index (χ0n) is 14.1. The summed E-state index contributed by atoms with van der Waals surface area (Å²) in [4.78, 5) is 16.3. The number of rotatable bonds is 5. The van der Waals surface area contributed by atoms with Crippen molar-refractivity contribution in [2.45, 2.75) is 19.0 Å². The lowest BCUT2D eigenvalue weighted by Gasteiger charge is -2.11. The molecule has 0 saturated carbocycles. The van der Waals surface area contributed by atoms with E-state index in [2.05, 4.69) is 38.0 Å². The summed E-state index contributed by atoms with van der Waals surface area (Å²) in [7, 11) is 0. The monoisotopic (exact) mass is 521 g/mol.